The molecule has 0 aliphatic heterocycles. The van der Waals surface area contributed by atoms with E-state index in [1.807, 2.05) is 12.1 Å². The fourth-order valence-electron chi connectivity index (χ4n) is 2.23. The molecule has 0 bridgehead atoms. The van der Waals surface area contributed by atoms with Gasteiger partial charge in [0, 0.05) is 6.54 Å². The van der Waals surface area contributed by atoms with E-state index in [2.05, 4.69) is 58.6 Å². The summed E-state index contributed by atoms with van der Waals surface area (Å²) in [5.74, 6) is 0.847. The van der Waals surface area contributed by atoms with Crippen molar-refractivity contribution in [1.82, 2.24) is 9.97 Å². The van der Waals surface area contributed by atoms with Gasteiger partial charge in [0.2, 0.25) is 5.95 Å². The van der Waals surface area contributed by atoms with E-state index in [0.29, 0.717) is 0 Å². The predicted molar refractivity (Wildman–Crippen MR) is 79.5 cm³/mol. The number of rotatable bonds is 4. The Bertz CT molecular complexity index is 671. The van der Waals surface area contributed by atoms with Crippen molar-refractivity contribution in [2.45, 2.75) is 13.3 Å². The van der Waals surface area contributed by atoms with Crippen LogP contribution in [0.5, 0.6) is 0 Å². The molecule has 0 aliphatic rings. The second kappa shape index (κ2) is 5.14. The molecule has 3 aromatic rings. The largest absolute Gasteiger partial charge is 0.355 e. The molecule has 2 N–H and O–H groups in total. The number of nitrogens with one attached hydrogen (secondary N) is 2. The van der Waals surface area contributed by atoms with Gasteiger partial charge in [-0.25, -0.2) is 4.98 Å². The molecule has 1 heterocycles. The number of hydrogen-bond acceptors (Lipinski definition) is 2. The third kappa shape index (κ3) is 2.60. The van der Waals surface area contributed by atoms with Crippen molar-refractivity contribution in [2.75, 3.05) is 11.9 Å². The van der Waals surface area contributed by atoms with Crippen molar-refractivity contribution in [3.8, 4) is 0 Å². The van der Waals surface area contributed by atoms with Gasteiger partial charge in [-0.15, -0.1) is 0 Å². The Labute approximate surface area is 112 Å². The van der Waals surface area contributed by atoms with E-state index in [0.717, 1.165) is 29.9 Å². The van der Waals surface area contributed by atoms with Crippen LogP contribution >= 0.6 is 0 Å². The van der Waals surface area contributed by atoms with Crippen LogP contribution in [0.4, 0.5) is 5.95 Å². The minimum Gasteiger partial charge on any atom is -0.355 e. The normalized spacial score (nSPS) is 10.8. The van der Waals surface area contributed by atoms with E-state index in [4.69, 9.17) is 0 Å². The fourth-order valence-corrected chi connectivity index (χ4v) is 2.23. The SMILES string of the molecule is Cc1cccc2[nH]c(NCCc3ccccc3)nc12. The number of imidazole rings is 1. The van der Waals surface area contributed by atoms with Gasteiger partial charge in [-0.2, -0.15) is 0 Å². The third-order valence-electron chi connectivity index (χ3n) is 3.26. The number of para-hydroxylation sites is 1. The number of H-pyrrole nitrogens is 1. The summed E-state index contributed by atoms with van der Waals surface area (Å²) in [6, 6.07) is 16.6. The number of hydrogen-bond donors (Lipinski definition) is 2. The molecule has 0 aliphatic carbocycles. The highest BCUT2D eigenvalue weighted by atomic mass is 15.1. The number of anilines is 1. The van der Waals surface area contributed by atoms with E-state index >= 15 is 0 Å². The summed E-state index contributed by atoms with van der Waals surface area (Å²) in [4.78, 5) is 7.88. The Morgan fingerprint density at radius 1 is 1.05 bits per heavy atom. The highest BCUT2D eigenvalue weighted by Gasteiger charge is 2.03. The molecule has 96 valence electrons. The molecule has 3 rings (SSSR count). The minimum absolute atomic E-state index is 0.847. The molecule has 0 fully saturated rings. The van der Waals surface area contributed by atoms with Crippen molar-refractivity contribution in [3.05, 3.63) is 59.7 Å². The van der Waals surface area contributed by atoms with Crippen LogP contribution in [0.1, 0.15) is 11.1 Å². The maximum atomic E-state index is 4.58. The summed E-state index contributed by atoms with van der Waals surface area (Å²) in [7, 11) is 0. The van der Waals surface area contributed by atoms with Gasteiger partial charge in [-0.05, 0) is 30.5 Å². The summed E-state index contributed by atoms with van der Waals surface area (Å²) in [5.41, 5.74) is 4.67. The van der Waals surface area contributed by atoms with Crippen LogP contribution in [0, 0.1) is 6.92 Å². The van der Waals surface area contributed by atoms with Gasteiger partial charge >= 0.3 is 0 Å². The third-order valence-corrected chi connectivity index (χ3v) is 3.26. The Morgan fingerprint density at radius 2 is 1.89 bits per heavy atom. The zero-order chi connectivity index (χ0) is 13.1. The van der Waals surface area contributed by atoms with Crippen LogP contribution < -0.4 is 5.32 Å². The van der Waals surface area contributed by atoms with E-state index in [9.17, 15) is 0 Å². The van der Waals surface area contributed by atoms with E-state index in [-0.39, 0.29) is 0 Å². The average Bonchev–Trinajstić information content (AvgIpc) is 2.84. The van der Waals surface area contributed by atoms with Gasteiger partial charge in [-0.3, -0.25) is 0 Å². The Hall–Kier alpha value is -2.29. The average molecular weight is 251 g/mol. The summed E-state index contributed by atoms with van der Waals surface area (Å²) in [5, 5.41) is 3.34. The van der Waals surface area contributed by atoms with Crippen molar-refractivity contribution < 1.29 is 0 Å². The highest BCUT2D eigenvalue weighted by molar-refractivity contribution is 5.80. The first-order valence-electron chi connectivity index (χ1n) is 6.56. The maximum Gasteiger partial charge on any atom is 0.201 e. The van der Waals surface area contributed by atoms with E-state index in [1.165, 1.54) is 11.1 Å². The molecule has 1 aromatic heterocycles. The van der Waals surface area contributed by atoms with Gasteiger partial charge in [0.15, 0.2) is 0 Å². The number of nitrogens with zero attached hydrogens (tertiary/aromatic N) is 1. The van der Waals surface area contributed by atoms with Crippen LogP contribution in [0.2, 0.25) is 0 Å². The first kappa shape index (κ1) is 11.8. The summed E-state index contributed by atoms with van der Waals surface area (Å²) >= 11 is 0. The molecule has 0 saturated carbocycles. The number of aromatic amines is 1. The standard InChI is InChI=1S/C16H17N3/c1-12-6-5-9-14-15(12)19-16(18-14)17-11-10-13-7-3-2-4-8-13/h2-9H,10-11H2,1H3,(H2,17,18,19). The number of fused-ring (bicyclic) bond motifs is 1. The lowest BCUT2D eigenvalue weighted by molar-refractivity contribution is 1.000. The van der Waals surface area contributed by atoms with Crippen LogP contribution in [0.3, 0.4) is 0 Å². The van der Waals surface area contributed by atoms with E-state index in [1.54, 1.807) is 0 Å². The molecule has 3 nitrogen and oxygen atoms in total. The van der Waals surface area contributed by atoms with Gasteiger partial charge in [-0.1, -0.05) is 42.5 Å². The molecule has 0 radical (unpaired) electrons. The maximum absolute atomic E-state index is 4.58. The van der Waals surface area contributed by atoms with Crippen molar-refractivity contribution >= 4 is 17.0 Å². The molecule has 19 heavy (non-hydrogen) atoms. The van der Waals surface area contributed by atoms with Crippen LogP contribution in [0.25, 0.3) is 11.0 Å². The van der Waals surface area contributed by atoms with Crippen molar-refractivity contribution in [2.24, 2.45) is 0 Å². The molecular weight excluding hydrogens is 234 g/mol. The second-order valence-corrected chi connectivity index (χ2v) is 4.72. The summed E-state index contributed by atoms with van der Waals surface area (Å²) in [6.07, 6.45) is 0.997. The summed E-state index contributed by atoms with van der Waals surface area (Å²) < 4.78 is 0. The molecular formula is C16H17N3. The minimum atomic E-state index is 0.847. The Morgan fingerprint density at radius 3 is 2.68 bits per heavy atom. The molecule has 0 amide bonds. The fraction of sp³-hybridized carbons (Fsp3) is 0.188. The van der Waals surface area contributed by atoms with Crippen molar-refractivity contribution in [1.29, 1.82) is 0 Å². The van der Waals surface area contributed by atoms with E-state index < -0.39 is 0 Å². The van der Waals surface area contributed by atoms with Gasteiger partial charge in [0.05, 0.1) is 11.0 Å². The topological polar surface area (TPSA) is 40.7 Å². The smallest absolute Gasteiger partial charge is 0.201 e. The number of benzene rings is 2. The lowest BCUT2D eigenvalue weighted by Gasteiger charge is -2.02. The molecule has 0 spiro atoms. The number of aromatic nitrogens is 2. The first-order valence-corrected chi connectivity index (χ1v) is 6.56. The van der Waals surface area contributed by atoms with Gasteiger partial charge < -0.3 is 10.3 Å². The molecule has 0 saturated heterocycles. The van der Waals surface area contributed by atoms with Crippen LogP contribution in [-0.4, -0.2) is 16.5 Å². The molecule has 0 atom stereocenters. The highest BCUT2D eigenvalue weighted by Crippen LogP contribution is 2.17. The first-order chi connectivity index (χ1) is 9.33. The lowest BCUT2D eigenvalue weighted by atomic mass is 10.1. The molecule has 2 aromatic carbocycles. The van der Waals surface area contributed by atoms with Crippen molar-refractivity contribution in [3.63, 3.8) is 0 Å². The quantitative estimate of drug-likeness (QED) is 0.744. The predicted octanol–water partition coefficient (Wildman–Crippen LogP) is 3.53. The molecule has 3 heteroatoms. The van der Waals surface area contributed by atoms with Crippen LogP contribution in [-0.2, 0) is 6.42 Å². The second-order valence-electron chi connectivity index (χ2n) is 4.72. The zero-order valence-corrected chi connectivity index (χ0v) is 11.0. The monoisotopic (exact) mass is 251 g/mol. The van der Waals surface area contributed by atoms with Gasteiger partial charge in [0.25, 0.3) is 0 Å². The lowest BCUT2D eigenvalue weighted by Crippen LogP contribution is -2.05. The number of aryl methyl sites for hydroxylation is 1. The Balaban J connectivity index is 1.67. The summed E-state index contributed by atoms with van der Waals surface area (Å²) in [6.45, 7) is 2.96. The van der Waals surface area contributed by atoms with Gasteiger partial charge in [0.1, 0.15) is 0 Å². The van der Waals surface area contributed by atoms with Crippen LogP contribution in [0.15, 0.2) is 48.5 Å². The zero-order valence-electron chi connectivity index (χ0n) is 11.0. The Kier molecular flexibility index (Phi) is 3.19. The molecule has 0 unspecified atom stereocenters.